The van der Waals surface area contributed by atoms with Crippen molar-refractivity contribution in [3.8, 4) is 0 Å². The number of fused-ring (bicyclic) bond motifs is 1. The lowest BCUT2D eigenvalue weighted by Gasteiger charge is -1.86. The van der Waals surface area contributed by atoms with E-state index in [4.69, 9.17) is 0 Å². The van der Waals surface area contributed by atoms with Crippen LogP contribution in [-0.2, 0) is 0 Å². The van der Waals surface area contributed by atoms with E-state index >= 15 is 0 Å². The maximum absolute atomic E-state index is 2.21. The number of nitrogens with zero attached hydrogens (tertiary/aromatic N) is 1. The van der Waals surface area contributed by atoms with Gasteiger partial charge < -0.3 is 0 Å². The minimum absolute atomic E-state index is 1.31. The van der Waals surface area contributed by atoms with E-state index in [-0.39, 0.29) is 0 Å². The van der Waals surface area contributed by atoms with Crippen LogP contribution in [0.4, 0.5) is 0 Å². The molecule has 1 nitrogen and oxygen atoms in total. The van der Waals surface area contributed by atoms with Crippen LogP contribution in [0.1, 0.15) is 11.3 Å². The summed E-state index contributed by atoms with van der Waals surface area (Å²) in [5, 5.41) is 2.18. The van der Waals surface area contributed by atoms with Gasteiger partial charge in [0, 0.05) is 19.1 Å². The van der Waals surface area contributed by atoms with Crippen molar-refractivity contribution in [2.24, 2.45) is 0 Å². The molecule has 0 aromatic carbocycles. The summed E-state index contributed by atoms with van der Waals surface area (Å²) in [6.45, 7) is 4.24. The fourth-order valence-corrected chi connectivity index (χ4v) is 2.14. The highest BCUT2D eigenvalue weighted by Gasteiger charge is 2.06. The summed E-state index contributed by atoms with van der Waals surface area (Å²) in [6, 6.07) is 4.34. The summed E-state index contributed by atoms with van der Waals surface area (Å²) in [6.07, 6.45) is 2.12. The Labute approximate surface area is 69.9 Å². The molecule has 0 spiro atoms. The van der Waals surface area contributed by atoms with Gasteiger partial charge in [0.05, 0.1) is 5.38 Å². The van der Waals surface area contributed by atoms with Gasteiger partial charge in [-0.2, -0.15) is 4.40 Å². The first-order valence-corrected chi connectivity index (χ1v) is 4.51. The van der Waals surface area contributed by atoms with Gasteiger partial charge in [0.15, 0.2) is 11.9 Å². The standard InChI is InChI=1S/C9H10NS/c1-7-3-4-10-8(2)6-11-9(10)5-7/h3-6H,1-2H3/q+1. The molecule has 56 valence electrons. The minimum atomic E-state index is 1.31. The fourth-order valence-electron chi connectivity index (χ4n) is 1.16. The molecular formula is C9H10NS+. The molecule has 0 aliphatic rings. The van der Waals surface area contributed by atoms with E-state index in [1.54, 1.807) is 11.3 Å². The van der Waals surface area contributed by atoms with Crippen molar-refractivity contribution in [1.82, 2.24) is 0 Å². The molecule has 11 heavy (non-hydrogen) atoms. The van der Waals surface area contributed by atoms with Crippen LogP contribution in [0.5, 0.6) is 0 Å². The van der Waals surface area contributed by atoms with Crippen LogP contribution in [0, 0.1) is 13.8 Å². The van der Waals surface area contributed by atoms with E-state index in [1.165, 1.54) is 16.1 Å². The van der Waals surface area contributed by atoms with Gasteiger partial charge in [-0.3, -0.25) is 0 Å². The molecule has 0 unspecified atom stereocenters. The molecule has 2 aromatic rings. The number of hydrogen-bond acceptors (Lipinski definition) is 1. The number of thiazole rings is 1. The molecule has 0 atom stereocenters. The second-order valence-corrected chi connectivity index (χ2v) is 3.68. The zero-order valence-corrected chi connectivity index (χ0v) is 7.48. The summed E-state index contributed by atoms with van der Waals surface area (Å²) < 4.78 is 2.21. The lowest BCUT2D eigenvalue weighted by Crippen LogP contribution is -2.20. The van der Waals surface area contributed by atoms with Gasteiger partial charge in [-0.1, -0.05) is 11.3 Å². The highest BCUT2D eigenvalue weighted by Crippen LogP contribution is 2.09. The first kappa shape index (κ1) is 6.80. The van der Waals surface area contributed by atoms with Crippen LogP contribution in [0.25, 0.3) is 4.83 Å². The van der Waals surface area contributed by atoms with Crippen LogP contribution < -0.4 is 4.40 Å². The molecule has 0 aliphatic carbocycles. The Morgan fingerprint density at radius 3 is 3.00 bits per heavy atom. The lowest BCUT2D eigenvalue weighted by atomic mass is 10.3. The Morgan fingerprint density at radius 2 is 2.18 bits per heavy atom. The van der Waals surface area contributed by atoms with Gasteiger partial charge in [0.1, 0.15) is 0 Å². The van der Waals surface area contributed by atoms with E-state index in [2.05, 4.69) is 42.0 Å². The molecule has 0 aliphatic heterocycles. The minimum Gasteiger partial charge on any atom is -0.155 e. The van der Waals surface area contributed by atoms with Crippen molar-refractivity contribution in [1.29, 1.82) is 0 Å². The molecule has 0 amide bonds. The highest BCUT2D eigenvalue weighted by molar-refractivity contribution is 7.15. The zero-order chi connectivity index (χ0) is 7.84. The number of aromatic nitrogens is 1. The monoisotopic (exact) mass is 164 g/mol. The average molecular weight is 164 g/mol. The third-order valence-corrected chi connectivity index (χ3v) is 2.82. The number of aryl methyl sites for hydroxylation is 2. The Kier molecular flexibility index (Phi) is 1.43. The summed E-state index contributed by atoms with van der Waals surface area (Å²) in [5.41, 5.74) is 2.64. The SMILES string of the molecule is Cc1cc[n+]2c(C)csc2c1. The molecule has 0 radical (unpaired) electrons. The zero-order valence-electron chi connectivity index (χ0n) is 6.66. The highest BCUT2D eigenvalue weighted by atomic mass is 32.1. The Hall–Kier alpha value is -0.890. The third-order valence-electron chi connectivity index (χ3n) is 1.81. The summed E-state index contributed by atoms with van der Waals surface area (Å²) in [7, 11) is 0. The molecule has 0 bridgehead atoms. The number of pyridine rings is 1. The van der Waals surface area contributed by atoms with Crippen molar-refractivity contribution in [2.45, 2.75) is 13.8 Å². The van der Waals surface area contributed by atoms with Crippen LogP contribution in [0.3, 0.4) is 0 Å². The fraction of sp³-hybridized carbons (Fsp3) is 0.222. The summed E-state index contributed by atoms with van der Waals surface area (Å²) >= 11 is 1.79. The predicted molar refractivity (Wildman–Crippen MR) is 47.0 cm³/mol. The third kappa shape index (κ3) is 1.03. The van der Waals surface area contributed by atoms with Crippen molar-refractivity contribution >= 4 is 16.2 Å². The van der Waals surface area contributed by atoms with Gasteiger partial charge in [-0.25, -0.2) is 0 Å². The average Bonchev–Trinajstić information content (AvgIpc) is 2.32. The van der Waals surface area contributed by atoms with Gasteiger partial charge in [-0.05, 0) is 12.5 Å². The predicted octanol–water partition coefficient (Wildman–Crippen LogP) is 2.10. The molecule has 2 heteroatoms. The normalized spacial score (nSPS) is 10.7. The molecule has 2 aromatic heterocycles. The van der Waals surface area contributed by atoms with Crippen molar-refractivity contribution < 1.29 is 4.40 Å². The van der Waals surface area contributed by atoms with E-state index in [1.807, 2.05) is 0 Å². The Morgan fingerprint density at radius 1 is 1.36 bits per heavy atom. The second kappa shape index (κ2) is 2.31. The second-order valence-electron chi connectivity index (χ2n) is 2.79. The van der Waals surface area contributed by atoms with Crippen LogP contribution in [-0.4, -0.2) is 0 Å². The molecule has 0 N–H and O–H groups in total. The van der Waals surface area contributed by atoms with E-state index < -0.39 is 0 Å². The van der Waals surface area contributed by atoms with Gasteiger partial charge in [-0.15, -0.1) is 0 Å². The molecule has 2 rings (SSSR count). The molecule has 0 saturated heterocycles. The maximum atomic E-state index is 2.21. The van der Waals surface area contributed by atoms with Gasteiger partial charge in [0.25, 0.3) is 4.83 Å². The van der Waals surface area contributed by atoms with Crippen molar-refractivity contribution in [3.05, 3.63) is 35.0 Å². The molecule has 0 saturated carbocycles. The maximum Gasteiger partial charge on any atom is 0.267 e. The van der Waals surface area contributed by atoms with Crippen LogP contribution >= 0.6 is 11.3 Å². The topological polar surface area (TPSA) is 4.10 Å². The summed E-state index contributed by atoms with van der Waals surface area (Å²) in [4.78, 5) is 1.32. The van der Waals surface area contributed by atoms with E-state index in [9.17, 15) is 0 Å². The van der Waals surface area contributed by atoms with Gasteiger partial charge >= 0.3 is 0 Å². The molecule has 2 heterocycles. The van der Waals surface area contributed by atoms with Gasteiger partial charge in [0.2, 0.25) is 0 Å². The first-order valence-electron chi connectivity index (χ1n) is 3.63. The smallest absolute Gasteiger partial charge is 0.155 e. The van der Waals surface area contributed by atoms with Crippen LogP contribution in [0.15, 0.2) is 23.7 Å². The van der Waals surface area contributed by atoms with E-state index in [0.29, 0.717) is 0 Å². The molecular weight excluding hydrogens is 154 g/mol. The first-order chi connectivity index (χ1) is 5.27. The lowest BCUT2D eigenvalue weighted by molar-refractivity contribution is -0.515. The Balaban J connectivity index is 2.86. The Bertz CT molecular complexity index is 389. The number of hydrogen-bond donors (Lipinski definition) is 0. The van der Waals surface area contributed by atoms with E-state index in [0.717, 1.165) is 0 Å². The summed E-state index contributed by atoms with van der Waals surface area (Å²) in [5.74, 6) is 0. The van der Waals surface area contributed by atoms with Crippen molar-refractivity contribution in [2.75, 3.05) is 0 Å². The van der Waals surface area contributed by atoms with Crippen LogP contribution in [0.2, 0.25) is 0 Å². The number of rotatable bonds is 0. The molecule has 0 fully saturated rings. The quantitative estimate of drug-likeness (QED) is 0.525. The van der Waals surface area contributed by atoms with Crippen molar-refractivity contribution in [3.63, 3.8) is 0 Å². The largest absolute Gasteiger partial charge is 0.267 e.